The number of hydrogen-bond acceptors (Lipinski definition) is 2. The molecule has 0 heterocycles. The van der Waals surface area contributed by atoms with E-state index < -0.39 is 0 Å². The van der Waals surface area contributed by atoms with Crippen LogP contribution in [-0.2, 0) is 11.3 Å². The molecule has 0 aliphatic rings. The number of likely N-dealkylation sites (N-methyl/N-ethyl adjacent to an activating group) is 1. The molecule has 1 amide bonds. The van der Waals surface area contributed by atoms with Crippen LogP contribution in [0.25, 0.3) is 0 Å². The summed E-state index contributed by atoms with van der Waals surface area (Å²) in [4.78, 5) is 13.8. The molecule has 0 aliphatic heterocycles. The minimum absolute atomic E-state index is 0.151. The molecule has 0 radical (unpaired) electrons. The first-order valence-electron chi connectivity index (χ1n) is 6.93. The van der Waals surface area contributed by atoms with Gasteiger partial charge in [0.2, 0.25) is 5.91 Å². The first-order chi connectivity index (χ1) is 10.5. The van der Waals surface area contributed by atoms with Crippen molar-refractivity contribution in [3.63, 3.8) is 0 Å². The van der Waals surface area contributed by atoms with Crippen molar-refractivity contribution in [2.45, 2.75) is 13.5 Å². The maximum atomic E-state index is 13.6. The average molecular weight is 321 g/mol. The van der Waals surface area contributed by atoms with Crippen molar-refractivity contribution < 1.29 is 9.18 Å². The van der Waals surface area contributed by atoms with Crippen LogP contribution in [-0.4, -0.2) is 24.4 Å². The van der Waals surface area contributed by atoms with Gasteiger partial charge in [-0.25, -0.2) is 4.39 Å². The van der Waals surface area contributed by atoms with Crippen molar-refractivity contribution in [3.05, 3.63) is 64.4 Å². The monoisotopic (exact) mass is 320 g/mol. The summed E-state index contributed by atoms with van der Waals surface area (Å²) in [5.41, 5.74) is 2.17. The van der Waals surface area contributed by atoms with Crippen molar-refractivity contribution in [3.8, 4) is 0 Å². The first kappa shape index (κ1) is 16.5. The summed E-state index contributed by atoms with van der Waals surface area (Å²) in [5.74, 6) is -0.457. The average Bonchev–Trinajstić information content (AvgIpc) is 2.44. The van der Waals surface area contributed by atoms with E-state index in [2.05, 4.69) is 5.32 Å². The quantitative estimate of drug-likeness (QED) is 0.907. The van der Waals surface area contributed by atoms with E-state index in [1.54, 1.807) is 42.3 Å². The van der Waals surface area contributed by atoms with Crippen LogP contribution < -0.4 is 5.32 Å². The predicted molar refractivity (Wildman–Crippen MR) is 87.6 cm³/mol. The van der Waals surface area contributed by atoms with Crippen LogP contribution in [0.15, 0.2) is 42.5 Å². The minimum Gasteiger partial charge on any atom is -0.324 e. The van der Waals surface area contributed by atoms with E-state index >= 15 is 0 Å². The fourth-order valence-electron chi connectivity index (χ4n) is 2.13. The highest BCUT2D eigenvalue weighted by molar-refractivity contribution is 6.33. The molecule has 0 spiro atoms. The normalized spacial score (nSPS) is 10.8. The van der Waals surface area contributed by atoms with Gasteiger partial charge in [-0.2, -0.15) is 0 Å². The fraction of sp³-hybridized carbons (Fsp3) is 0.235. The lowest BCUT2D eigenvalue weighted by molar-refractivity contribution is -0.117. The number of amides is 1. The molecular weight excluding hydrogens is 303 g/mol. The molecule has 2 rings (SSSR count). The van der Waals surface area contributed by atoms with Gasteiger partial charge in [-0.15, -0.1) is 0 Å². The second-order valence-electron chi connectivity index (χ2n) is 5.30. The van der Waals surface area contributed by atoms with E-state index in [-0.39, 0.29) is 18.3 Å². The van der Waals surface area contributed by atoms with Crippen LogP contribution in [0.3, 0.4) is 0 Å². The molecule has 22 heavy (non-hydrogen) atoms. The van der Waals surface area contributed by atoms with Crippen molar-refractivity contribution in [1.29, 1.82) is 0 Å². The van der Waals surface area contributed by atoms with Crippen LogP contribution in [0.2, 0.25) is 5.02 Å². The zero-order valence-corrected chi connectivity index (χ0v) is 13.3. The molecule has 0 aromatic heterocycles. The Bertz CT molecular complexity index is 675. The van der Waals surface area contributed by atoms with Gasteiger partial charge in [0.15, 0.2) is 0 Å². The van der Waals surface area contributed by atoms with Gasteiger partial charge >= 0.3 is 0 Å². The van der Waals surface area contributed by atoms with E-state index in [0.717, 1.165) is 5.56 Å². The van der Waals surface area contributed by atoms with Gasteiger partial charge in [-0.1, -0.05) is 35.9 Å². The summed E-state index contributed by atoms with van der Waals surface area (Å²) in [6.07, 6.45) is 0. The fourth-order valence-corrected chi connectivity index (χ4v) is 2.41. The van der Waals surface area contributed by atoms with Crippen LogP contribution >= 0.6 is 11.6 Å². The Hall–Kier alpha value is -1.91. The van der Waals surface area contributed by atoms with Gasteiger partial charge in [0.25, 0.3) is 0 Å². The zero-order chi connectivity index (χ0) is 16.1. The Labute approximate surface area is 134 Å². The van der Waals surface area contributed by atoms with Crippen molar-refractivity contribution >= 4 is 23.2 Å². The molecule has 0 saturated heterocycles. The van der Waals surface area contributed by atoms with E-state index in [0.29, 0.717) is 22.8 Å². The van der Waals surface area contributed by atoms with Crippen molar-refractivity contribution in [2.75, 3.05) is 18.9 Å². The van der Waals surface area contributed by atoms with E-state index in [1.807, 2.05) is 13.0 Å². The van der Waals surface area contributed by atoms with Crippen LogP contribution in [0.1, 0.15) is 11.1 Å². The van der Waals surface area contributed by atoms with Crippen molar-refractivity contribution in [2.24, 2.45) is 0 Å². The number of carbonyl (C=O) groups excluding carboxylic acids is 1. The van der Waals surface area contributed by atoms with Crippen LogP contribution in [0, 0.1) is 12.7 Å². The summed E-state index contributed by atoms with van der Waals surface area (Å²) in [6.45, 7) is 2.44. The topological polar surface area (TPSA) is 32.3 Å². The summed E-state index contributed by atoms with van der Waals surface area (Å²) < 4.78 is 13.6. The third kappa shape index (κ3) is 4.55. The smallest absolute Gasteiger partial charge is 0.238 e. The molecule has 116 valence electrons. The van der Waals surface area contributed by atoms with Gasteiger partial charge in [0.1, 0.15) is 5.82 Å². The molecule has 0 aliphatic carbocycles. The summed E-state index contributed by atoms with van der Waals surface area (Å²) >= 11 is 6.08. The molecule has 2 aromatic rings. The second kappa shape index (κ2) is 7.38. The lowest BCUT2D eigenvalue weighted by Crippen LogP contribution is -2.30. The number of aryl methyl sites for hydroxylation is 1. The molecule has 0 saturated carbocycles. The van der Waals surface area contributed by atoms with Gasteiger partial charge in [-0.3, -0.25) is 9.69 Å². The maximum absolute atomic E-state index is 13.6. The van der Waals surface area contributed by atoms with Gasteiger partial charge in [0.05, 0.1) is 17.3 Å². The van der Waals surface area contributed by atoms with Crippen LogP contribution in [0.5, 0.6) is 0 Å². The van der Waals surface area contributed by atoms with E-state index in [9.17, 15) is 9.18 Å². The van der Waals surface area contributed by atoms with Gasteiger partial charge in [-0.05, 0) is 37.7 Å². The number of anilines is 1. The Morgan fingerprint density at radius 3 is 2.68 bits per heavy atom. The molecule has 5 heteroatoms. The standard InChI is InChI=1S/C17H18ClFN2O/c1-12-7-8-16(14(18)9-12)20-17(22)11-21(2)10-13-5-3-4-6-15(13)19/h3-9H,10-11H2,1-2H3,(H,20,22). The number of rotatable bonds is 5. The highest BCUT2D eigenvalue weighted by Gasteiger charge is 2.11. The predicted octanol–water partition coefficient (Wildman–Crippen LogP) is 3.86. The number of hydrogen-bond donors (Lipinski definition) is 1. The molecule has 0 unspecified atom stereocenters. The van der Waals surface area contributed by atoms with Gasteiger partial charge in [0, 0.05) is 12.1 Å². The third-order valence-corrected chi connectivity index (χ3v) is 3.52. The maximum Gasteiger partial charge on any atom is 0.238 e. The zero-order valence-electron chi connectivity index (χ0n) is 12.6. The third-order valence-electron chi connectivity index (χ3n) is 3.21. The highest BCUT2D eigenvalue weighted by Crippen LogP contribution is 2.22. The lowest BCUT2D eigenvalue weighted by Gasteiger charge is -2.17. The summed E-state index contributed by atoms with van der Waals surface area (Å²) in [6, 6.07) is 12.0. The molecule has 0 atom stereocenters. The molecular formula is C17H18ClFN2O. The lowest BCUT2D eigenvalue weighted by atomic mass is 10.2. The number of benzene rings is 2. The van der Waals surface area contributed by atoms with E-state index in [4.69, 9.17) is 11.6 Å². The van der Waals surface area contributed by atoms with E-state index in [1.165, 1.54) is 6.07 Å². The minimum atomic E-state index is -0.267. The highest BCUT2D eigenvalue weighted by atomic mass is 35.5. The van der Waals surface area contributed by atoms with Crippen LogP contribution in [0.4, 0.5) is 10.1 Å². The second-order valence-corrected chi connectivity index (χ2v) is 5.70. The Morgan fingerprint density at radius 2 is 2.00 bits per heavy atom. The van der Waals surface area contributed by atoms with Gasteiger partial charge < -0.3 is 5.32 Å². The summed E-state index contributed by atoms with van der Waals surface area (Å²) in [5, 5.41) is 3.27. The molecule has 2 aromatic carbocycles. The number of nitrogens with zero attached hydrogens (tertiary/aromatic N) is 1. The Kier molecular flexibility index (Phi) is 5.52. The summed E-state index contributed by atoms with van der Waals surface area (Å²) in [7, 11) is 1.77. The largest absolute Gasteiger partial charge is 0.324 e. The number of halogens is 2. The van der Waals surface area contributed by atoms with Crippen molar-refractivity contribution in [1.82, 2.24) is 4.90 Å². The number of carbonyl (C=O) groups is 1. The Balaban J connectivity index is 1.93. The molecule has 0 fully saturated rings. The number of nitrogens with one attached hydrogen (secondary N) is 1. The SMILES string of the molecule is Cc1ccc(NC(=O)CN(C)Cc2ccccc2F)c(Cl)c1. The molecule has 1 N–H and O–H groups in total. The Morgan fingerprint density at radius 1 is 1.27 bits per heavy atom. The molecule has 3 nitrogen and oxygen atoms in total. The first-order valence-corrected chi connectivity index (χ1v) is 7.31. The molecule has 0 bridgehead atoms.